The fourth-order valence-electron chi connectivity index (χ4n) is 1.93. The van der Waals surface area contributed by atoms with E-state index in [1.165, 1.54) is 10.8 Å². The maximum absolute atomic E-state index is 11.7. The number of nitrogens with zero attached hydrogens (tertiary/aromatic N) is 1. The second-order valence-electron chi connectivity index (χ2n) is 4.25. The molecule has 0 aromatic carbocycles. The molecule has 1 saturated heterocycles. The smallest absolute Gasteiger partial charge is 0.331 e. The quantitative estimate of drug-likeness (QED) is 0.589. The van der Waals surface area contributed by atoms with Gasteiger partial charge in [0.1, 0.15) is 0 Å². The molecule has 2 atom stereocenters. The predicted octanol–water partition coefficient (Wildman–Crippen LogP) is -1.41. The third kappa shape index (κ3) is 2.04. The van der Waals surface area contributed by atoms with Gasteiger partial charge in [0, 0.05) is 18.2 Å². The number of aliphatic hydroxyl groups is 1. The molecular formula is C10H15N3O4. The summed E-state index contributed by atoms with van der Waals surface area (Å²) in [5.41, 5.74) is 5.31. The lowest BCUT2D eigenvalue weighted by molar-refractivity contribution is -0.109. The number of ether oxygens (including phenoxy) is 1. The van der Waals surface area contributed by atoms with Gasteiger partial charge in [0.05, 0.1) is 12.7 Å². The molecule has 1 aromatic heterocycles. The molecule has 2 heterocycles. The van der Waals surface area contributed by atoms with Crippen LogP contribution in [0, 0.1) is 6.92 Å². The summed E-state index contributed by atoms with van der Waals surface area (Å²) in [4.78, 5) is 25.1. The van der Waals surface area contributed by atoms with Crippen LogP contribution < -0.4 is 17.0 Å². The minimum atomic E-state index is -1.29. The van der Waals surface area contributed by atoms with Crippen molar-refractivity contribution in [3.8, 4) is 0 Å². The van der Waals surface area contributed by atoms with E-state index in [-0.39, 0.29) is 12.7 Å². The van der Waals surface area contributed by atoms with Crippen LogP contribution in [0.5, 0.6) is 0 Å². The molecule has 4 N–H and O–H groups in total. The molecule has 1 aliphatic rings. The molecule has 17 heavy (non-hydrogen) atoms. The summed E-state index contributed by atoms with van der Waals surface area (Å²) in [5, 5.41) is 8.99. The van der Waals surface area contributed by atoms with E-state index in [0.29, 0.717) is 18.4 Å². The van der Waals surface area contributed by atoms with Crippen molar-refractivity contribution in [1.82, 2.24) is 9.55 Å². The summed E-state index contributed by atoms with van der Waals surface area (Å²) in [6.45, 7) is 1.44. The molecular weight excluding hydrogens is 226 g/mol. The number of hydrogen-bond acceptors (Lipinski definition) is 5. The van der Waals surface area contributed by atoms with E-state index in [1.807, 2.05) is 0 Å². The number of aryl methyl sites for hydroxylation is 1. The van der Waals surface area contributed by atoms with Gasteiger partial charge in [0.15, 0.2) is 0 Å². The van der Waals surface area contributed by atoms with Crippen molar-refractivity contribution < 1.29 is 9.84 Å². The van der Waals surface area contributed by atoms with E-state index < -0.39 is 17.1 Å². The first-order chi connectivity index (χ1) is 7.96. The molecule has 0 radical (unpaired) electrons. The van der Waals surface area contributed by atoms with Crippen molar-refractivity contribution in [2.24, 2.45) is 5.73 Å². The van der Waals surface area contributed by atoms with Crippen LogP contribution in [0.15, 0.2) is 15.8 Å². The number of aromatic amines is 1. The summed E-state index contributed by atoms with van der Waals surface area (Å²) in [6, 6.07) is 0. The number of hydrogen-bond donors (Lipinski definition) is 3. The third-order valence-corrected chi connectivity index (χ3v) is 2.93. The Kier molecular flexibility index (Phi) is 2.90. The van der Waals surface area contributed by atoms with Crippen molar-refractivity contribution >= 4 is 0 Å². The molecule has 0 bridgehead atoms. The number of nitrogens with two attached hydrogens (primary N) is 1. The highest BCUT2D eigenvalue weighted by Gasteiger charge is 2.39. The zero-order valence-corrected chi connectivity index (χ0v) is 9.47. The Hall–Kier alpha value is -1.44. The van der Waals surface area contributed by atoms with Gasteiger partial charge >= 0.3 is 5.69 Å². The highest BCUT2D eigenvalue weighted by molar-refractivity contribution is 5.03. The highest BCUT2D eigenvalue weighted by atomic mass is 16.6. The first-order valence-corrected chi connectivity index (χ1v) is 5.37. The van der Waals surface area contributed by atoms with Crippen LogP contribution >= 0.6 is 0 Å². The molecule has 7 heteroatoms. The standard InChI is InChI=1S/C10H15N3O4/c1-6-4-13(9(16)12-8(6)15)10(11)3-2-7(5-14)17-10/h4,7,14H,2-3,5,11H2,1H3,(H,12,15,16)/t7-,10-/m0/s1. The van der Waals surface area contributed by atoms with Gasteiger partial charge in [-0.15, -0.1) is 0 Å². The van der Waals surface area contributed by atoms with E-state index in [9.17, 15) is 9.59 Å². The first-order valence-electron chi connectivity index (χ1n) is 5.37. The van der Waals surface area contributed by atoms with E-state index >= 15 is 0 Å². The van der Waals surface area contributed by atoms with E-state index in [2.05, 4.69) is 4.98 Å². The second-order valence-corrected chi connectivity index (χ2v) is 4.25. The van der Waals surface area contributed by atoms with E-state index in [4.69, 9.17) is 15.6 Å². The topological polar surface area (TPSA) is 110 Å². The van der Waals surface area contributed by atoms with Crippen molar-refractivity contribution in [2.75, 3.05) is 6.61 Å². The molecule has 1 aromatic rings. The van der Waals surface area contributed by atoms with E-state index in [0.717, 1.165) is 0 Å². The van der Waals surface area contributed by atoms with Gasteiger partial charge < -0.3 is 9.84 Å². The van der Waals surface area contributed by atoms with Crippen LogP contribution in [0.2, 0.25) is 0 Å². The molecule has 2 rings (SSSR count). The van der Waals surface area contributed by atoms with Gasteiger partial charge in [-0.2, -0.15) is 0 Å². The van der Waals surface area contributed by atoms with Gasteiger partial charge in [0.2, 0.25) is 5.85 Å². The molecule has 1 aliphatic heterocycles. The third-order valence-electron chi connectivity index (χ3n) is 2.93. The van der Waals surface area contributed by atoms with Crippen LogP contribution in [-0.2, 0) is 10.6 Å². The van der Waals surface area contributed by atoms with Crippen molar-refractivity contribution in [2.45, 2.75) is 31.7 Å². The van der Waals surface area contributed by atoms with Crippen LogP contribution in [0.4, 0.5) is 0 Å². The van der Waals surface area contributed by atoms with Crippen molar-refractivity contribution in [1.29, 1.82) is 0 Å². The lowest BCUT2D eigenvalue weighted by Crippen LogP contribution is -2.50. The monoisotopic (exact) mass is 241 g/mol. The van der Waals surface area contributed by atoms with E-state index in [1.54, 1.807) is 6.92 Å². The fraction of sp³-hybridized carbons (Fsp3) is 0.600. The normalized spacial score (nSPS) is 28.5. The molecule has 0 saturated carbocycles. The Morgan fingerprint density at radius 3 is 3.00 bits per heavy atom. The van der Waals surface area contributed by atoms with Crippen LogP contribution in [-0.4, -0.2) is 27.4 Å². The van der Waals surface area contributed by atoms with Gasteiger partial charge in [0.25, 0.3) is 5.56 Å². The van der Waals surface area contributed by atoms with Gasteiger partial charge in [-0.3, -0.25) is 20.1 Å². The summed E-state index contributed by atoms with van der Waals surface area (Å²) in [5.74, 6) is -1.29. The van der Waals surface area contributed by atoms with Gasteiger partial charge in [-0.25, -0.2) is 4.79 Å². The predicted molar refractivity (Wildman–Crippen MR) is 59.4 cm³/mol. The zero-order valence-electron chi connectivity index (χ0n) is 9.47. The average molecular weight is 241 g/mol. The Morgan fingerprint density at radius 2 is 2.41 bits per heavy atom. The Morgan fingerprint density at radius 1 is 1.71 bits per heavy atom. The number of aromatic nitrogens is 2. The molecule has 1 fully saturated rings. The number of H-pyrrole nitrogens is 1. The van der Waals surface area contributed by atoms with Crippen LogP contribution in [0.1, 0.15) is 18.4 Å². The van der Waals surface area contributed by atoms with Gasteiger partial charge in [-0.05, 0) is 13.3 Å². The molecule has 0 unspecified atom stereocenters. The Bertz CT molecular complexity index is 535. The molecule has 94 valence electrons. The number of nitrogens with one attached hydrogen (secondary N) is 1. The van der Waals surface area contributed by atoms with Crippen LogP contribution in [0.3, 0.4) is 0 Å². The largest absolute Gasteiger partial charge is 0.394 e. The average Bonchev–Trinajstić information content (AvgIpc) is 2.66. The maximum Gasteiger partial charge on any atom is 0.331 e. The Labute approximate surface area is 96.8 Å². The maximum atomic E-state index is 11.7. The van der Waals surface area contributed by atoms with Crippen molar-refractivity contribution in [3.05, 3.63) is 32.6 Å². The van der Waals surface area contributed by atoms with Crippen molar-refractivity contribution in [3.63, 3.8) is 0 Å². The SMILES string of the molecule is Cc1cn([C@@]2(N)CC[C@@H](CO)O2)c(=O)[nH]c1=O. The molecule has 0 amide bonds. The number of aliphatic hydroxyl groups excluding tert-OH is 1. The Balaban J connectivity index is 2.44. The summed E-state index contributed by atoms with van der Waals surface area (Å²) in [7, 11) is 0. The first kappa shape index (κ1) is 12.0. The highest BCUT2D eigenvalue weighted by Crippen LogP contribution is 2.28. The minimum absolute atomic E-state index is 0.143. The van der Waals surface area contributed by atoms with Gasteiger partial charge in [-0.1, -0.05) is 0 Å². The fourth-order valence-corrected chi connectivity index (χ4v) is 1.93. The number of rotatable bonds is 2. The van der Waals surface area contributed by atoms with Crippen LogP contribution in [0.25, 0.3) is 0 Å². The lowest BCUT2D eigenvalue weighted by Gasteiger charge is -2.26. The second kappa shape index (κ2) is 4.10. The molecule has 0 aliphatic carbocycles. The summed E-state index contributed by atoms with van der Waals surface area (Å²) < 4.78 is 6.59. The minimum Gasteiger partial charge on any atom is -0.394 e. The lowest BCUT2D eigenvalue weighted by atomic mass is 10.2. The summed E-state index contributed by atoms with van der Waals surface area (Å²) in [6.07, 6.45) is 1.97. The zero-order chi connectivity index (χ0) is 12.6. The molecule has 7 nitrogen and oxygen atoms in total. The summed E-state index contributed by atoms with van der Waals surface area (Å²) >= 11 is 0. The molecule has 0 spiro atoms.